The number of para-hydroxylation sites is 1. The third-order valence-corrected chi connectivity index (χ3v) is 4.70. The van der Waals surface area contributed by atoms with Gasteiger partial charge in [0.05, 0.1) is 75.4 Å². The topological polar surface area (TPSA) is 80.3 Å². The lowest BCUT2D eigenvalue weighted by atomic mass is 10.2. The summed E-state index contributed by atoms with van der Waals surface area (Å²) in [5.41, 5.74) is 4.14. The van der Waals surface area contributed by atoms with Crippen molar-refractivity contribution >= 4 is 17.6 Å². The summed E-state index contributed by atoms with van der Waals surface area (Å²) < 4.78 is 2.87. The number of carbonyl (C=O) groups is 2. The minimum atomic E-state index is -2.19. The maximum atomic E-state index is 8.93. The summed E-state index contributed by atoms with van der Waals surface area (Å²) in [6, 6.07) is 31.6. The summed E-state index contributed by atoms with van der Waals surface area (Å²) in [6.45, 7) is 2.20. The van der Waals surface area contributed by atoms with E-state index in [0.717, 1.165) is 26.5 Å². The minimum absolute atomic E-state index is 0. The number of carbonyl (C=O) groups excluding carboxylic acids is 2. The number of nitrogens with zero attached hydrogens (tertiary/aromatic N) is 3. The van der Waals surface area contributed by atoms with Gasteiger partial charge in [0.15, 0.2) is 0 Å². The molecular formula is C31H46ClN3O4. The third kappa shape index (κ3) is 22.5. The summed E-state index contributed by atoms with van der Waals surface area (Å²) in [6.07, 6.45) is 0. The molecule has 216 valence electrons. The van der Waals surface area contributed by atoms with Gasteiger partial charge >= 0.3 is 0 Å². The summed E-state index contributed by atoms with van der Waals surface area (Å²) in [5.74, 6) is -4.37. The van der Waals surface area contributed by atoms with Crippen LogP contribution in [-0.2, 0) is 22.7 Å². The van der Waals surface area contributed by atoms with Gasteiger partial charge in [-0.25, -0.2) is 0 Å². The standard InChI is InChI=1S/2C10H16N.C9H14N.C2H2O4.ClH/c2*1-11(2,3)9-10-7-5-4-6-8-10;1-10(2,3)9-7-5-4-6-8-9;3-1(4)2(5)6;/h2*4-8H,9H2,1-3H3;4-8H,1-3H3;(H,3,4)(H,5,6);1H/q3*+1;;/p-3. The largest absolute Gasteiger partial charge is 1.00 e. The van der Waals surface area contributed by atoms with E-state index >= 15 is 0 Å². The van der Waals surface area contributed by atoms with Crippen LogP contribution in [0.25, 0.3) is 0 Å². The van der Waals surface area contributed by atoms with Crippen LogP contribution < -0.4 is 27.1 Å². The van der Waals surface area contributed by atoms with E-state index in [9.17, 15) is 0 Å². The second-order valence-corrected chi connectivity index (χ2v) is 11.8. The Morgan fingerprint density at radius 2 is 0.769 bits per heavy atom. The van der Waals surface area contributed by atoms with E-state index in [4.69, 9.17) is 19.8 Å². The molecule has 0 atom stereocenters. The second kappa shape index (κ2) is 18.1. The summed E-state index contributed by atoms with van der Waals surface area (Å²) >= 11 is 0. The van der Waals surface area contributed by atoms with Crippen LogP contribution in [0, 0.1) is 0 Å². The zero-order valence-electron chi connectivity index (χ0n) is 24.9. The van der Waals surface area contributed by atoms with E-state index in [1.807, 2.05) is 6.07 Å². The highest BCUT2D eigenvalue weighted by atomic mass is 35.5. The molecule has 0 saturated carbocycles. The van der Waals surface area contributed by atoms with E-state index in [-0.39, 0.29) is 12.4 Å². The molecule has 0 aliphatic carbocycles. The van der Waals surface area contributed by atoms with Crippen LogP contribution in [0.2, 0.25) is 0 Å². The number of carboxylic acids is 2. The number of hydrogen-bond acceptors (Lipinski definition) is 4. The van der Waals surface area contributed by atoms with Gasteiger partial charge < -0.3 is 41.2 Å². The highest BCUT2D eigenvalue weighted by molar-refractivity contribution is 6.25. The first-order valence-corrected chi connectivity index (χ1v) is 12.4. The fraction of sp³-hybridized carbons (Fsp3) is 0.355. The number of aliphatic carboxylic acids is 2. The second-order valence-electron chi connectivity index (χ2n) is 11.8. The molecular weight excluding hydrogens is 514 g/mol. The van der Waals surface area contributed by atoms with Crippen LogP contribution >= 0.6 is 0 Å². The van der Waals surface area contributed by atoms with E-state index in [0.29, 0.717) is 0 Å². The van der Waals surface area contributed by atoms with Gasteiger partial charge in [-0.15, -0.1) is 0 Å². The Hall–Kier alpha value is -3.23. The lowest BCUT2D eigenvalue weighted by Crippen LogP contribution is -3.00. The molecule has 0 unspecified atom stereocenters. The molecule has 39 heavy (non-hydrogen) atoms. The highest BCUT2D eigenvalue weighted by Crippen LogP contribution is 2.14. The first-order chi connectivity index (χ1) is 17.4. The number of rotatable bonds is 5. The Labute approximate surface area is 241 Å². The van der Waals surface area contributed by atoms with Crippen molar-refractivity contribution in [2.75, 3.05) is 63.4 Å². The molecule has 7 nitrogen and oxygen atoms in total. The van der Waals surface area contributed by atoms with Crippen LogP contribution in [0.1, 0.15) is 11.1 Å². The molecule has 0 fully saturated rings. The number of benzene rings is 3. The van der Waals surface area contributed by atoms with E-state index in [1.165, 1.54) is 16.8 Å². The van der Waals surface area contributed by atoms with Crippen molar-refractivity contribution < 1.29 is 41.2 Å². The van der Waals surface area contributed by atoms with E-state index in [2.05, 4.69) is 148 Å². The average molecular weight is 560 g/mol. The first kappa shape index (κ1) is 37.9. The lowest BCUT2D eigenvalue weighted by Gasteiger charge is -2.23. The molecule has 3 aromatic carbocycles. The molecule has 3 aromatic rings. The number of quaternary nitrogens is 3. The molecule has 0 saturated heterocycles. The van der Waals surface area contributed by atoms with Crippen molar-refractivity contribution in [1.29, 1.82) is 0 Å². The fourth-order valence-electron chi connectivity index (χ4n) is 3.14. The summed E-state index contributed by atoms with van der Waals surface area (Å²) in [5, 5.41) is 17.9. The molecule has 0 radical (unpaired) electrons. The molecule has 3 rings (SSSR count). The fourth-order valence-corrected chi connectivity index (χ4v) is 3.14. The van der Waals surface area contributed by atoms with Crippen molar-refractivity contribution in [2.24, 2.45) is 0 Å². The molecule has 0 N–H and O–H groups in total. The van der Waals surface area contributed by atoms with Gasteiger partial charge in [-0.05, 0) is 12.1 Å². The van der Waals surface area contributed by atoms with Gasteiger partial charge in [0.2, 0.25) is 0 Å². The van der Waals surface area contributed by atoms with Gasteiger partial charge in [-0.1, -0.05) is 78.9 Å². The van der Waals surface area contributed by atoms with Crippen molar-refractivity contribution in [3.8, 4) is 0 Å². The first-order valence-electron chi connectivity index (χ1n) is 12.4. The predicted molar refractivity (Wildman–Crippen MR) is 152 cm³/mol. The Morgan fingerprint density at radius 1 is 0.513 bits per heavy atom. The average Bonchev–Trinajstić information content (AvgIpc) is 2.79. The smallest absolute Gasteiger partial charge is 0.132 e. The van der Waals surface area contributed by atoms with Gasteiger partial charge in [0.1, 0.15) is 18.8 Å². The highest BCUT2D eigenvalue weighted by Gasteiger charge is 2.09. The minimum Gasteiger partial charge on any atom is -1.00 e. The van der Waals surface area contributed by atoms with Crippen LogP contribution in [0.3, 0.4) is 0 Å². The zero-order valence-corrected chi connectivity index (χ0v) is 25.7. The van der Waals surface area contributed by atoms with Crippen LogP contribution in [-0.4, -0.2) is 84.3 Å². The quantitative estimate of drug-likeness (QED) is 0.302. The van der Waals surface area contributed by atoms with Gasteiger partial charge in [-0.3, -0.25) is 4.48 Å². The number of carboxylic acid groups (broad SMARTS) is 2. The van der Waals surface area contributed by atoms with E-state index < -0.39 is 11.9 Å². The number of hydrogen-bond donors (Lipinski definition) is 0. The lowest BCUT2D eigenvalue weighted by molar-refractivity contribution is -0.884. The summed E-state index contributed by atoms with van der Waals surface area (Å²) in [7, 11) is 19.7. The maximum absolute atomic E-state index is 8.93. The Bertz CT molecular complexity index is 995. The van der Waals surface area contributed by atoms with Crippen molar-refractivity contribution in [1.82, 2.24) is 4.48 Å². The normalized spacial score (nSPS) is 10.6. The van der Waals surface area contributed by atoms with Crippen LogP contribution in [0.4, 0.5) is 5.69 Å². The van der Waals surface area contributed by atoms with Gasteiger partial charge in [-0.2, -0.15) is 0 Å². The molecule has 0 aromatic heterocycles. The molecule has 8 heteroatoms. The Morgan fingerprint density at radius 3 is 0.949 bits per heavy atom. The van der Waals surface area contributed by atoms with Crippen LogP contribution in [0.5, 0.6) is 0 Å². The zero-order chi connectivity index (χ0) is 29.4. The molecule has 0 heterocycles. The maximum Gasteiger partial charge on any atom is 0.132 e. The third-order valence-electron chi connectivity index (χ3n) is 4.70. The SMILES string of the molecule is C[N+](C)(C)Cc1ccccc1.C[N+](C)(C)Cc1ccccc1.C[N+](C)(C)c1ccccc1.O=C([O-])C(=O)[O-].[Cl-]. The summed E-state index contributed by atoms with van der Waals surface area (Å²) in [4.78, 5) is 17.9. The monoisotopic (exact) mass is 559 g/mol. The van der Waals surface area contributed by atoms with Gasteiger partial charge in [0.25, 0.3) is 0 Å². The van der Waals surface area contributed by atoms with Crippen molar-refractivity contribution in [3.63, 3.8) is 0 Å². The van der Waals surface area contributed by atoms with Crippen molar-refractivity contribution in [2.45, 2.75) is 13.1 Å². The molecule has 0 spiro atoms. The van der Waals surface area contributed by atoms with Crippen molar-refractivity contribution in [3.05, 3.63) is 102 Å². The van der Waals surface area contributed by atoms with Gasteiger partial charge in [0, 0.05) is 11.1 Å². The van der Waals surface area contributed by atoms with Crippen LogP contribution in [0.15, 0.2) is 91.0 Å². The molecule has 0 aliphatic heterocycles. The number of halogens is 1. The molecule has 0 aliphatic rings. The Kier molecular flexibility index (Phi) is 17.6. The Balaban J connectivity index is 0. The predicted octanol–water partition coefficient (Wildman–Crippen LogP) is -0.841. The molecule has 0 bridgehead atoms. The molecule has 0 amide bonds. The van der Waals surface area contributed by atoms with E-state index in [1.54, 1.807) is 0 Å².